The van der Waals surface area contributed by atoms with Gasteiger partial charge in [-0.05, 0) is 43.7 Å². The van der Waals surface area contributed by atoms with Crippen LogP contribution in [0.4, 0.5) is 0 Å². The third-order valence-electron chi connectivity index (χ3n) is 3.52. The fraction of sp³-hybridized carbons (Fsp3) is 0.389. The monoisotopic (exact) mass is 333 g/mol. The minimum atomic E-state index is 0.0120. The second kappa shape index (κ2) is 8.02. The highest BCUT2D eigenvalue weighted by Gasteiger charge is 2.12. The highest BCUT2D eigenvalue weighted by molar-refractivity contribution is 7.11. The lowest BCUT2D eigenvalue weighted by Gasteiger charge is -2.14. The number of hydrogen-bond acceptors (Lipinski definition) is 4. The predicted octanol–water partition coefficient (Wildman–Crippen LogP) is 3.36. The zero-order valence-electron chi connectivity index (χ0n) is 14.0. The van der Waals surface area contributed by atoms with E-state index >= 15 is 0 Å². The molecule has 0 radical (unpaired) electrons. The Morgan fingerprint density at radius 1 is 1.17 bits per heavy atom. The van der Waals surface area contributed by atoms with Gasteiger partial charge in [0.15, 0.2) is 11.5 Å². The van der Waals surface area contributed by atoms with Gasteiger partial charge in [-0.15, -0.1) is 11.3 Å². The molecule has 1 atom stereocenters. The molecule has 2 aromatic rings. The summed E-state index contributed by atoms with van der Waals surface area (Å²) in [6.07, 6.45) is 1.18. The van der Waals surface area contributed by atoms with E-state index in [1.165, 1.54) is 9.75 Å². The number of thiophene rings is 1. The molecular formula is C18H23NO3S. The number of ether oxygens (including phenoxy) is 2. The molecule has 0 saturated carbocycles. The van der Waals surface area contributed by atoms with Gasteiger partial charge in [-0.3, -0.25) is 4.79 Å². The normalized spacial score (nSPS) is 11.8. The first-order valence-corrected chi connectivity index (χ1v) is 8.39. The maximum absolute atomic E-state index is 12.2. The van der Waals surface area contributed by atoms with Crippen molar-refractivity contribution in [2.24, 2.45) is 0 Å². The summed E-state index contributed by atoms with van der Waals surface area (Å²) < 4.78 is 10.5. The number of methoxy groups -OCH3 is 2. The van der Waals surface area contributed by atoms with E-state index in [-0.39, 0.29) is 11.9 Å². The molecule has 1 aromatic carbocycles. The molecule has 2 rings (SSSR count). The van der Waals surface area contributed by atoms with Crippen LogP contribution < -0.4 is 14.8 Å². The van der Waals surface area contributed by atoms with Gasteiger partial charge in [0.25, 0.3) is 0 Å². The molecule has 1 aromatic heterocycles. The SMILES string of the molecule is COc1ccc(CC(=O)NC(C)Cc2ccc(C)s2)cc1OC. The van der Waals surface area contributed by atoms with Crippen LogP contribution in [-0.2, 0) is 17.6 Å². The summed E-state index contributed by atoms with van der Waals surface area (Å²) in [5.74, 6) is 1.32. The highest BCUT2D eigenvalue weighted by atomic mass is 32.1. The second-order valence-corrected chi connectivity index (χ2v) is 6.92. The van der Waals surface area contributed by atoms with E-state index in [9.17, 15) is 4.79 Å². The predicted molar refractivity (Wildman–Crippen MR) is 93.6 cm³/mol. The average molecular weight is 333 g/mol. The van der Waals surface area contributed by atoms with Crippen LogP contribution in [0.25, 0.3) is 0 Å². The van der Waals surface area contributed by atoms with Gasteiger partial charge in [0.1, 0.15) is 0 Å². The Balaban J connectivity index is 1.91. The van der Waals surface area contributed by atoms with Gasteiger partial charge in [0.2, 0.25) is 5.91 Å². The van der Waals surface area contributed by atoms with Crippen molar-refractivity contribution in [2.75, 3.05) is 14.2 Å². The van der Waals surface area contributed by atoms with Gasteiger partial charge in [0.05, 0.1) is 20.6 Å². The number of hydrogen-bond donors (Lipinski definition) is 1. The number of benzene rings is 1. The first-order chi connectivity index (χ1) is 11.0. The van der Waals surface area contributed by atoms with E-state index in [1.807, 2.05) is 25.1 Å². The highest BCUT2D eigenvalue weighted by Crippen LogP contribution is 2.27. The van der Waals surface area contributed by atoms with E-state index in [4.69, 9.17) is 9.47 Å². The zero-order valence-corrected chi connectivity index (χ0v) is 14.8. The summed E-state index contributed by atoms with van der Waals surface area (Å²) in [6.45, 7) is 4.12. The van der Waals surface area contributed by atoms with Crippen LogP contribution >= 0.6 is 11.3 Å². The molecular weight excluding hydrogens is 310 g/mol. The Hall–Kier alpha value is -2.01. The molecule has 4 nitrogen and oxygen atoms in total. The first-order valence-electron chi connectivity index (χ1n) is 7.57. The van der Waals surface area contributed by atoms with E-state index < -0.39 is 0 Å². The van der Waals surface area contributed by atoms with Crippen molar-refractivity contribution in [3.05, 3.63) is 45.6 Å². The van der Waals surface area contributed by atoms with Crippen molar-refractivity contribution >= 4 is 17.2 Å². The quantitative estimate of drug-likeness (QED) is 0.845. The molecule has 5 heteroatoms. The Morgan fingerprint density at radius 2 is 1.91 bits per heavy atom. The number of carbonyl (C=O) groups excluding carboxylic acids is 1. The number of carbonyl (C=O) groups is 1. The zero-order chi connectivity index (χ0) is 16.8. The maximum Gasteiger partial charge on any atom is 0.224 e. The van der Waals surface area contributed by atoms with Crippen molar-refractivity contribution in [1.82, 2.24) is 5.32 Å². The third-order valence-corrected chi connectivity index (χ3v) is 4.55. The second-order valence-electron chi connectivity index (χ2n) is 5.55. The van der Waals surface area contributed by atoms with Crippen molar-refractivity contribution in [3.63, 3.8) is 0 Å². The molecule has 0 saturated heterocycles. The molecule has 1 N–H and O–H groups in total. The van der Waals surface area contributed by atoms with Crippen LogP contribution in [0.15, 0.2) is 30.3 Å². The molecule has 1 amide bonds. The van der Waals surface area contributed by atoms with E-state index in [1.54, 1.807) is 25.6 Å². The van der Waals surface area contributed by atoms with E-state index in [0.717, 1.165) is 12.0 Å². The summed E-state index contributed by atoms with van der Waals surface area (Å²) in [6, 6.07) is 9.88. The Morgan fingerprint density at radius 3 is 2.52 bits per heavy atom. The Labute approximate surface area is 141 Å². The number of aryl methyl sites for hydroxylation is 1. The molecule has 0 fully saturated rings. The number of amides is 1. The molecule has 124 valence electrons. The van der Waals surface area contributed by atoms with Crippen molar-refractivity contribution in [1.29, 1.82) is 0 Å². The topological polar surface area (TPSA) is 47.6 Å². The number of nitrogens with one attached hydrogen (secondary N) is 1. The molecule has 23 heavy (non-hydrogen) atoms. The van der Waals surface area contributed by atoms with Crippen LogP contribution in [0.5, 0.6) is 11.5 Å². The molecule has 1 unspecified atom stereocenters. The molecule has 0 aliphatic rings. The van der Waals surface area contributed by atoms with Gasteiger partial charge >= 0.3 is 0 Å². The summed E-state index contributed by atoms with van der Waals surface area (Å²) in [4.78, 5) is 14.8. The van der Waals surface area contributed by atoms with Crippen LogP contribution in [0.3, 0.4) is 0 Å². The molecule has 0 aliphatic heterocycles. The van der Waals surface area contributed by atoms with Crippen molar-refractivity contribution in [2.45, 2.75) is 32.7 Å². The van der Waals surface area contributed by atoms with Crippen LogP contribution in [0.2, 0.25) is 0 Å². The van der Waals surface area contributed by atoms with Crippen molar-refractivity contribution in [3.8, 4) is 11.5 Å². The van der Waals surface area contributed by atoms with Crippen LogP contribution in [0, 0.1) is 6.92 Å². The van der Waals surface area contributed by atoms with Gasteiger partial charge in [-0.1, -0.05) is 6.07 Å². The number of rotatable bonds is 7. The smallest absolute Gasteiger partial charge is 0.224 e. The van der Waals surface area contributed by atoms with Crippen LogP contribution in [0.1, 0.15) is 22.2 Å². The molecule has 0 spiro atoms. The summed E-state index contributed by atoms with van der Waals surface area (Å²) in [5.41, 5.74) is 0.902. The summed E-state index contributed by atoms with van der Waals surface area (Å²) in [7, 11) is 3.19. The average Bonchev–Trinajstić information content (AvgIpc) is 2.91. The molecule has 0 aliphatic carbocycles. The van der Waals surface area contributed by atoms with Crippen LogP contribution in [-0.4, -0.2) is 26.2 Å². The Bertz CT molecular complexity index is 666. The molecule has 0 bridgehead atoms. The van der Waals surface area contributed by atoms with E-state index in [2.05, 4.69) is 24.4 Å². The minimum absolute atomic E-state index is 0.0120. The third kappa shape index (κ3) is 4.99. The minimum Gasteiger partial charge on any atom is -0.493 e. The maximum atomic E-state index is 12.2. The lowest BCUT2D eigenvalue weighted by molar-refractivity contribution is -0.121. The molecule has 1 heterocycles. The fourth-order valence-corrected chi connectivity index (χ4v) is 3.47. The lowest BCUT2D eigenvalue weighted by atomic mass is 10.1. The lowest BCUT2D eigenvalue weighted by Crippen LogP contribution is -2.34. The first kappa shape index (κ1) is 17.3. The van der Waals surface area contributed by atoms with Gasteiger partial charge in [-0.2, -0.15) is 0 Å². The fourth-order valence-electron chi connectivity index (χ4n) is 2.45. The van der Waals surface area contributed by atoms with Gasteiger partial charge < -0.3 is 14.8 Å². The summed E-state index contributed by atoms with van der Waals surface area (Å²) >= 11 is 1.77. The van der Waals surface area contributed by atoms with E-state index in [0.29, 0.717) is 17.9 Å². The standard InChI is InChI=1S/C18H23NO3S/c1-12(9-15-7-5-13(2)23-15)19-18(20)11-14-6-8-16(21-3)17(10-14)22-4/h5-8,10,12H,9,11H2,1-4H3,(H,19,20). The summed E-state index contributed by atoms with van der Waals surface area (Å²) in [5, 5.41) is 3.05. The largest absolute Gasteiger partial charge is 0.493 e. The van der Waals surface area contributed by atoms with Crippen molar-refractivity contribution < 1.29 is 14.3 Å². The van der Waals surface area contributed by atoms with Gasteiger partial charge in [0, 0.05) is 22.2 Å². The van der Waals surface area contributed by atoms with Gasteiger partial charge in [-0.25, -0.2) is 0 Å². The Kier molecular flexibility index (Phi) is 6.04.